The Morgan fingerprint density at radius 1 is 1.04 bits per heavy atom. The summed E-state index contributed by atoms with van der Waals surface area (Å²) in [4.78, 5) is 23.6. The molecule has 0 unspecified atom stereocenters. The third kappa shape index (κ3) is 6.05. The van der Waals surface area contributed by atoms with E-state index in [0.29, 0.717) is 11.6 Å². The van der Waals surface area contributed by atoms with E-state index >= 15 is 0 Å². The molecule has 2 aromatic rings. The second kappa shape index (κ2) is 9.08. The molecule has 0 heterocycles. The number of rotatable bonds is 7. The third-order valence-corrected chi connectivity index (χ3v) is 3.87. The Kier molecular flexibility index (Phi) is 6.82. The first-order valence-electron chi connectivity index (χ1n) is 7.88. The van der Waals surface area contributed by atoms with Gasteiger partial charge in [-0.3, -0.25) is 9.59 Å². The minimum atomic E-state index is -0.364. The van der Waals surface area contributed by atoms with Crippen molar-refractivity contribution in [1.82, 2.24) is 10.6 Å². The van der Waals surface area contributed by atoms with Gasteiger partial charge in [-0.25, -0.2) is 0 Å². The van der Waals surface area contributed by atoms with Crippen LogP contribution in [-0.2, 0) is 16.0 Å². The molecule has 126 valence electrons. The van der Waals surface area contributed by atoms with E-state index in [0.717, 1.165) is 12.0 Å². The molecule has 0 aliphatic heterocycles. The quantitative estimate of drug-likeness (QED) is 0.810. The van der Waals surface area contributed by atoms with E-state index in [2.05, 4.69) is 10.6 Å². The van der Waals surface area contributed by atoms with E-state index < -0.39 is 0 Å². The second-order valence-electron chi connectivity index (χ2n) is 5.59. The molecule has 2 rings (SSSR count). The lowest BCUT2D eigenvalue weighted by Gasteiger charge is -2.18. The molecule has 0 bridgehead atoms. The smallest absolute Gasteiger partial charge is 0.222 e. The Balaban J connectivity index is 1.89. The van der Waals surface area contributed by atoms with Gasteiger partial charge in [0.15, 0.2) is 0 Å². The van der Waals surface area contributed by atoms with Crippen LogP contribution < -0.4 is 10.6 Å². The Morgan fingerprint density at radius 3 is 2.33 bits per heavy atom. The van der Waals surface area contributed by atoms with Gasteiger partial charge in [0.1, 0.15) is 0 Å². The Morgan fingerprint density at radius 2 is 1.71 bits per heavy atom. The molecule has 2 N–H and O–H groups in total. The van der Waals surface area contributed by atoms with E-state index in [1.807, 2.05) is 42.5 Å². The molecule has 0 aliphatic carbocycles. The highest BCUT2D eigenvalue weighted by molar-refractivity contribution is 6.30. The highest BCUT2D eigenvalue weighted by Crippen LogP contribution is 2.19. The van der Waals surface area contributed by atoms with E-state index in [1.165, 1.54) is 12.5 Å². The van der Waals surface area contributed by atoms with Gasteiger partial charge in [-0.1, -0.05) is 54.1 Å². The van der Waals surface area contributed by atoms with Crippen LogP contribution in [0.15, 0.2) is 54.6 Å². The zero-order valence-electron chi connectivity index (χ0n) is 13.6. The highest BCUT2D eigenvalue weighted by atomic mass is 35.5. The van der Waals surface area contributed by atoms with E-state index in [1.54, 1.807) is 12.1 Å². The average Bonchev–Trinajstić information content (AvgIpc) is 2.55. The minimum absolute atomic E-state index is 0.0976. The van der Waals surface area contributed by atoms with Crippen LogP contribution >= 0.6 is 11.6 Å². The average molecular weight is 345 g/mol. The van der Waals surface area contributed by atoms with E-state index in [-0.39, 0.29) is 24.3 Å². The molecule has 0 aromatic heterocycles. The Labute approximate surface area is 147 Å². The summed E-state index contributed by atoms with van der Waals surface area (Å²) in [6.07, 6.45) is 0.967. The molecule has 4 nitrogen and oxygen atoms in total. The normalized spacial score (nSPS) is 11.6. The number of nitrogens with one attached hydrogen (secondary N) is 2. The summed E-state index contributed by atoms with van der Waals surface area (Å²) < 4.78 is 0. The van der Waals surface area contributed by atoms with Crippen LogP contribution in [-0.4, -0.2) is 18.4 Å². The van der Waals surface area contributed by atoms with Crippen molar-refractivity contribution < 1.29 is 9.59 Å². The molecule has 5 heteroatoms. The second-order valence-corrected chi connectivity index (χ2v) is 6.03. The van der Waals surface area contributed by atoms with E-state index in [9.17, 15) is 9.59 Å². The van der Waals surface area contributed by atoms with Gasteiger partial charge in [0.05, 0.1) is 12.5 Å². The Hall–Kier alpha value is -2.33. The summed E-state index contributed by atoms with van der Waals surface area (Å²) in [6, 6.07) is 16.7. The van der Waals surface area contributed by atoms with Crippen molar-refractivity contribution in [2.24, 2.45) is 0 Å². The van der Waals surface area contributed by atoms with Crippen LogP contribution in [0.5, 0.6) is 0 Å². The summed E-state index contributed by atoms with van der Waals surface area (Å²) in [5.41, 5.74) is 2.03. The number of hydrogen-bond acceptors (Lipinski definition) is 2. The first kappa shape index (κ1) is 18.0. The van der Waals surface area contributed by atoms with Crippen LogP contribution in [0, 0.1) is 0 Å². The minimum Gasteiger partial charge on any atom is -0.356 e. The fourth-order valence-corrected chi connectivity index (χ4v) is 2.57. The van der Waals surface area contributed by atoms with Gasteiger partial charge in [-0.05, 0) is 29.7 Å². The number of hydrogen-bond donors (Lipinski definition) is 2. The maximum Gasteiger partial charge on any atom is 0.222 e. The zero-order chi connectivity index (χ0) is 17.4. The lowest BCUT2D eigenvalue weighted by Crippen LogP contribution is -2.33. The van der Waals surface area contributed by atoms with Gasteiger partial charge >= 0.3 is 0 Å². The summed E-state index contributed by atoms with van der Waals surface area (Å²) in [6.45, 7) is 2.01. The Bertz CT molecular complexity index is 672. The van der Waals surface area contributed by atoms with Gasteiger partial charge in [-0.15, -0.1) is 0 Å². The van der Waals surface area contributed by atoms with Gasteiger partial charge < -0.3 is 10.6 Å². The van der Waals surface area contributed by atoms with E-state index in [4.69, 9.17) is 11.6 Å². The van der Waals surface area contributed by atoms with Crippen molar-refractivity contribution in [2.45, 2.75) is 25.8 Å². The molecular formula is C19H21ClN2O2. The van der Waals surface area contributed by atoms with Crippen molar-refractivity contribution in [3.05, 3.63) is 70.7 Å². The van der Waals surface area contributed by atoms with Crippen molar-refractivity contribution in [2.75, 3.05) is 6.54 Å². The van der Waals surface area contributed by atoms with Gasteiger partial charge in [0.25, 0.3) is 0 Å². The molecule has 0 spiro atoms. The SMILES string of the molecule is CC(=O)N[C@H](CC(=O)NCCc1ccccc1)c1ccc(Cl)cc1. The number of amides is 2. The van der Waals surface area contributed by atoms with Crippen LogP contribution in [0.1, 0.15) is 30.5 Å². The van der Waals surface area contributed by atoms with Crippen molar-refractivity contribution in [3.63, 3.8) is 0 Å². The third-order valence-electron chi connectivity index (χ3n) is 3.62. The summed E-state index contributed by atoms with van der Waals surface area (Å²) >= 11 is 5.89. The van der Waals surface area contributed by atoms with Crippen LogP contribution in [0.2, 0.25) is 5.02 Å². The van der Waals surface area contributed by atoms with Crippen LogP contribution in [0.25, 0.3) is 0 Å². The zero-order valence-corrected chi connectivity index (χ0v) is 14.3. The molecule has 0 radical (unpaired) electrons. The molecule has 2 amide bonds. The molecule has 0 saturated heterocycles. The lowest BCUT2D eigenvalue weighted by atomic mass is 10.0. The molecule has 2 aromatic carbocycles. The molecule has 1 atom stereocenters. The number of halogens is 1. The lowest BCUT2D eigenvalue weighted by molar-refractivity contribution is -0.122. The van der Waals surface area contributed by atoms with Gasteiger partial charge in [-0.2, -0.15) is 0 Å². The van der Waals surface area contributed by atoms with Crippen LogP contribution in [0.4, 0.5) is 0 Å². The molecule has 24 heavy (non-hydrogen) atoms. The standard InChI is InChI=1S/C19H21ClN2O2/c1-14(23)22-18(16-7-9-17(20)10-8-16)13-19(24)21-12-11-15-5-3-2-4-6-15/h2-10,18H,11-13H2,1H3,(H,21,24)(H,22,23)/t18-/m1/s1. The monoisotopic (exact) mass is 344 g/mol. The van der Waals surface area contributed by atoms with Crippen molar-refractivity contribution >= 4 is 23.4 Å². The maximum absolute atomic E-state index is 12.2. The van der Waals surface area contributed by atoms with Crippen molar-refractivity contribution in [3.8, 4) is 0 Å². The molecule has 0 saturated carbocycles. The number of carbonyl (C=O) groups excluding carboxylic acids is 2. The summed E-state index contributed by atoms with van der Waals surface area (Å²) in [5, 5.41) is 6.33. The topological polar surface area (TPSA) is 58.2 Å². The summed E-state index contributed by atoms with van der Waals surface area (Å²) in [5.74, 6) is -0.272. The largest absolute Gasteiger partial charge is 0.356 e. The van der Waals surface area contributed by atoms with Gasteiger partial charge in [0.2, 0.25) is 11.8 Å². The molecule has 0 fully saturated rings. The van der Waals surface area contributed by atoms with Crippen molar-refractivity contribution in [1.29, 1.82) is 0 Å². The first-order chi connectivity index (χ1) is 11.5. The first-order valence-corrected chi connectivity index (χ1v) is 8.25. The highest BCUT2D eigenvalue weighted by Gasteiger charge is 2.16. The maximum atomic E-state index is 12.2. The fraction of sp³-hybridized carbons (Fsp3) is 0.263. The predicted molar refractivity (Wildman–Crippen MR) is 95.8 cm³/mol. The number of carbonyl (C=O) groups is 2. The summed E-state index contributed by atoms with van der Waals surface area (Å²) in [7, 11) is 0. The fourth-order valence-electron chi connectivity index (χ4n) is 2.44. The molecular weight excluding hydrogens is 324 g/mol. The van der Waals surface area contributed by atoms with Crippen LogP contribution in [0.3, 0.4) is 0 Å². The molecule has 0 aliphatic rings. The van der Waals surface area contributed by atoms with Gasteiger partial charge in [0, 0.05) is 18.5 Å². The predicted octanol–water partition coefficient (Wildman–Crippen LogP) is 3.27. The number of benzene rings is 2.